The van der Waals surface area contributed by atoms with Gasteiger partial charge in [-0.3, -0.25) is 9.69 Å². The van der Waals surface area contributed by atoms with Crippen LogP contribution >= 0.6 is 0 Å². The Bertz CT molecular complexity index is 489. The lowest BCUT2D eigenvalue weighted by Gasteiger charge is -2.19. The third-order valence-electron chi connectivity index (χ3n) is 3.55. The van der Waals surface area contributed by atoms with Gasteiger partial charge in [0.05, 0.1) is 12.2 Å². The fraction of sp³-hybridized carbons (Fsp3) is 0.583. The molecular formula is C12H17N3O3. The second kappa shape index (κ2) is 4.12. The first kappa shape index (κ1) is 12.6. The van der Waals surface area contributed by atoms with E-state index in [2.05, 4.69) is 10.5 Å². The molecule has 0 aromatic carbocycles. The van der Waals surface area contributed by atoms with Gasteiger partial charge in [-0.05, 0) is 27.2 Å². The molecule has 6 heteroatoms. The number of aryl methyl sites for hydroxylation is 2. The van der Waals surface area contributed by atoms with Crippen molar-refractivity contribution in [2.45, 2.75) is 46.2 Å². The van der Waals surface area contributed by atoms with Gasteiger partial charge in [-0.25, -0.2) is 4.79 Å². The average molecular weight is 251 g/mol. The number of rotatable bonds is 3. The van der Waals surface area contributed by atoms with Gasteiger partial charge in [-0.2, -0.15) is 0 Å². The molecule has 0 aliphatic carbocycles. The van der Waals surface area contributed by atoms with E-state index in [0.717, 1.165) is 5.56 Å². The number of nitrogens with one attached hydrogen (secondary N) is 1. The maximum atomic E-state index is 12.2. The number of hydrogen-bond donors (Lipinski definition) is 1. The lowest BCUT2D eigenvalue weighted by molar-refractivity contribution is -0.131. The molecule has 2 rings (SSSR count). The summed E-state index contributed by atoms with van der Waals surface area (Å²) < 4.78 is 5.03. The number of imide groups is 1. The molecule has 98 valence electrons. The molecule has 1 aliphatic heterocycles. The molecule has 6 nitrogen and oxygen atoms in total. The molecule has 1 N–H and O–H groups in total. The van der Waals surface area contributed by atoms with Crippen molar-refractivity contribution >= 4 is 11.9 Å². The molecule has 18 heavy (non-hydrogen) atoms. The number of urea groups is 1. The van der Waals surface area contributed by atoms with Gasteiger partial charge in [0.1, 0.15) is 11.3 Å². The highest BCUT2D eigenvalue weighted by Gasteiger charge is 2.46. The van der Waals surface area contributed by atoms with E-state index in [1.807, 2.05) is 6.92 Å². The predicted molar refractivity (Wildman–Crippen MR) is 63.8 cm³/mol. The van der Waals surface area contributed by atoms with Gasteiger partial charge < -0.3 is 9.84 Å². The monoisotopic (exact) mass is 251 g/mol. The van der Waals surface area contributed by atoms with Gasteiger partial charge in [0, 0.05) is 5.56 Å². The van der Waals surface area contributed by atoms with E-state index in [4.69, 9.17) is 4.52 Å². The van der Waals surface area contributed by atoms with Crippen molar-refractivity contribution in [3.05, 3.63) is 17.0 Å². The molecule has 0 radical (unpaired) electrons. The van der Waals surface area contributed by atoms with Crippen LogP contribution < -0.4 is 5.32 Å². The van der Waals surface area contributed by atoms with Gasteiger partial charge in [0.15, 0.2) is 0 Å². The van der Waals surface area contributed by atoms with E-state index in [1.165, 1.54) is 4.90 Å². The lowest BCUT2D eigenvalue weighted by atomic mass is 9.99. The number of carbonyl (C=O) groups is 2. The molecule has 1 aliphatic rings. The first-order valence-electron chi connectivity index (χ1n) is 5.95. The summed E-state index contributed by atoms with van der Waals surface area (Å²) in [5.74, 6) is 0.438. The van der Waals surface area contributed by atoms with Crippen LogP contribution in [0.1, 0.15) is 37.3 Å². The van der Waals surface area contributed by atoms with Crippen molar-refractivity contribution in [2.24, 2.45) is 0 Å². The first-order valence-corrected chi connectivity index (χ1v) is 5.95. The molecule has 2 heterocycles. The fourth-order valence-corrected chi connectivity index (χ4v) is 2.02. The molecule has 0 bridgehead atoms. The third kappa shape index (κ3) is 1.77. The summed E-state index contributed by atoms with van der Waals surface area (Å²) in [6.07, 6.45) is 0.565. The Morgan fingerprint density at radius 3 is 2.50 bits per heavy atom. The van der Waals surface area contributed by atoms with Crippen molar-refractivity contribution < 1.29 is 14.1 Å². The summed E-state index contributed by atoms with van der Waals surface area (Å²) in [4.78, 5) is 25.3. The summed E-state index contributed by atoms with van der Waals surface area (Å²) >= 11 is 0. The smallest absolute Gasteiger partial charge is 0.325 e. The van der Waals surface area contributed by atoms with Crippen LogP contribution in [0, 0.1) is 13.8 Å². The molecule has 1 aromatic rings. The Morgan fingerprint density at radius 2 is 2.06 bits per heavy atom. The van der Waals surface area contributed by atoms with Crippen LogP contribution in [0.4, 0.5) is 4.79 Å². The molecule has 1 saturated heterocycles. The SMILES string of the molecule is CC[C@]1(C)NC(=O)N(Cc2c(C)noc2C)C1=O. The van der Waals surface area contributed by atoms with Crippen molar-refractivity contribution in [1.29, 1.82) is 0 Å². The van der Waals surface area contributed by atoms with E-state index in [0.29, 0.717) is 17.9 Å². The second-order valence-electron chi connectivity index (χ2n) is 4.81. The van der Waals surface area contributed by atoms with Gasteiger partial charge in [0.25, 0.3) is 5.91 Å². The Morgan fingerprint density at radius 1 is 1.39 bits per heavy atom. The highest BCUT2D eigenvalue weighted by molar-refractivity contribution is 6.06. The van der Waals surface area contributed by atoms with Crippen molar-refractivity contribution in [2.75, 3.05) is 0 Å². The molecule has 1 aromatic heterocycles. The summed E-state index contributed by atoms with van der Waals surface area (Å²) in [5.41, 5.74) is 0.702. The minimum Gasteiger partial charge on any atom is -0.361 e. The molecular weight excluding hydrogens is 234 g/mol. The normalized spacial score (nSPS) is 23.7. The largest absolute Gasteiger partial charge is 0.361 e. The van der Waals surface area contributed by atoms with Crippen molar-refractivity contribution in [1.82, 2.24) is 15.4 Å². The molecule has 0 saturated carbocycles. The molecule has 0 unspecified atom stereocenters. The van der Waals surface area contributed by atoms with E-state index < -0.39 is 5.54 Å². The van der Waals surface area contributed by atoms with Crippen LogP contribution in [-0.4, -0.2) is 27.5 Å². The van der Waals surface area contributed by atoms with Crippen molar-refractivity contribution in [3.8, 4) is 0 Å². The number of hydrogen-bond acceptors (Lipinski definition) is 4. The topological polar surface area (TPSA) is 75.4 Å². The minimum atomic E-state index is -0.796. The van der Waals surface area contributed by atoms with E-state index >= 15 is 0 Å². The Balaban J connectivity index is 2.26. The van der Waals surface area contributed by atoms with Gasteiger partial charge in [-0.1, -0.05) is 12.1 Å². The quantitative estimate of drug-likeness (QED) is 0.826. The molecule has 3 amide bonds. The van der Waals surface area contributed by atoms with E-state index in [1.54, 1.807) is 20.8 Å². The van der Waals surface area contributed by atoms with Crippen LogP contribution in [0.5, 0.6) is 0 Å². The number of nitrogens with zero attached hydrogens (tertiary/aromatic N) is 2. The number of amides is 3. The maximum absolute atomic E-state index is 12.2. The number of aromatic nitrogens is 1. The predicted octanol–water partition coefficient (Wildman–Crippen LogP) is 1.51. The highest BCUT2D eigenvalue weighted by atomic mass is 16.5. The summed E-state index contributed by atoms with van der Waals surface area (Å²) in [5, 5.41) is 6.54. The van der Waals surface area contributed by atoms with Gasteiger partial charge in [-0.15, -0.1) is 0 Å². The zero-order chi connectivity index (χ0) is 13.5. The zero-order valence-corrected chi connectivity index (χ0v) is 11.0. The Kier molecular flexibility index (Phi) is 2.88. The maximum Gasteiger partial charge on any atom is 0.325 e. The second-order valence-corrected chi connectivity index (χ2v) is 4.81. The average Bonchev–Trinajstić information content (AvgIpc) is 2.75. The van der Waals surface area contributed by atoms with Crippen LogP contribution in [0.15, 0.2) is 4.52 Å². The highest BCUT2D eigenvalue weighted by Crippen LogP contribution is 2.24. The minimum absolute atomic E-state index is 0.199. The summed E-state index contributed by atoms with van der Waals surface area (Å²) in [7, 11) is 0. The molecule has 0 spiro atoms. The van der Waals surface area contributed by atoms with Crippen molar-refractivity contribution in [3.63, 3.8) is 0 Å². The molecule has 1 fully saturated rings. The summed E-state index contributed by atoms with van der Waals surface area (Å²) in [6, 6.07) is -0.357. The van der Waals surface area contributed by atoms with Crippen LogP contribution in [0.2, 0.25) is 0 Å². The lowest BCUT2D eigenvalue weighted by Crippen LogP contribution is -2.43. The van der Waals surface area contributed by atoms with Gasteiger partial charge in [0.2, 0.25) is 0 Å². The van der Waals surface area contributed by atoms with E-state index in [9.17, 15) is 9.59 Å². The van der Waals surface area contributed by atoms with Crippen LogP contribution in [0.25, 0.3) is 0 Å². The summed E-state index contributed by atoms with van der Waals surface area (Å²) in [6.45, 7) is 7.38. The molecule has 1 atom stereocenters. The van der Waals surface area contributed by atoms with Crippen LogP contribution in [0.3, 0.4) is 0 Å². The third-order valence-corrected chi connectivity index (χ3v) is 3.55. The fourth-order valence-electron chi connectivity index (χ4n) is 2.02. The first-order chi connectivity index (χ1) is 8.39. The van der Waals surface area contributed by atoms with Crippen LogP contribution in [-0.2, 0) is 11.3 Å². The number of carbonyl (C=O) groups excluding carboxylic acids is 2. The van der Waals surface area contributed by atoms with Gasteiger partial charge >= 0.3 is 6.03 Å². The van der Waals surface area contributed by atoms with E-state index in [-0.39, 0.29) is 18.5 Å². The Labute approximate surface area is 105 Å². The Hall–Kier alpha value is -1.85. The zero-order valence-electron chi connectivity index (χ0n) is 11.0. The standard InChI is InChI=1S/C12H17N3O3/c1-5-12(4)10(16)15(11(17)13-12)6-9-7(2)14-18-8(9)3/h5-6H2,1-4H3,(H,13,17)/t12-/m0/s1.